The molecule has 0 fully saturated rings. The van der Waals surface area contributed by atoms with Crippen molar-refractivity contribution in [2.24, 2.45) is 0 Å². The first kappa shape index (κ1) is 21.8. The summed E-state index contributed by atoms with van der Waals surface area (Å²) in [6, 6.07) is 22.1. The third-order valence-corrected chi connectivity index (χ3v) is 4.91. The fourth-order valence-corrected chi connectivity index (χ4v) is 2.98. The first-order valence-corrected chi connectivity index (χ1v) is 9.93. The Morgan fingerprint density at radius 1 is 0.968 bits per heavy atom. The molecular formula is C24H17BrN2O4. The van der Waals surface area contributed by atoms with E-state index in [1.54, 1.807) is 73.8 Å². The normalized spacial score (nSPS) is 10.7. The topological polar surface area (TPSA) is 88.4 Å². The van der Waals surface area contributed by atoms with Crippen molar-refractivity contribution < 1.29 is 19.1 Å². The lowest BCUT2D eigenvalue weighted by atomic mass is 10.1. The first-order valence-electron chi connectivity index (χ1n) is 9.14. The van der Waals surface area contributed by atoms with Crippen LogP contribution in [0.4, 0.5) is 5.69 Å². The fourth-order valence-electron chi connectivity index (χ4n) is 2.59. The van der Waals surface area contributed by atoms with Gasteiger partial charge < -0.3 is 14.8 Å². The van der Waals surface area contributed by atoms with E-state index < -0.39 is 11.9 Å². The van der Waals surface area contributed by atoms with Crippen LogP contribution in [0, 0.1) is 11.3 Å². The van der Waals surface area contributed by atoms with Crippen molar-refractivity contribution in [3.05, 3.63) is 94.0 Å². The lowest BCUT2D eigenvalue weighted by molar-refractivity contribution is -0.112. The summed E-state index contributed by atoms with van der Waals surface area (Å²) in [4.78, 5) is 24.7. The zero-order valence-corrected chi connectivity index (χ0v) is 18.0. The summed E-state index contributed by atoms with van der Waals surface area (Å²) in [6.45, 7) is 0. The van der Waals surface area contributed by atoms with E-state index in [-0.39, 0.29) is 5.57 Å². The number of ether oxygens (including phenoxy) is 2. The van der Waals surface area contributed by atoms with Crippen LogP contribution in [0.15, 0.2) is 82.8 Å². The van der Waals surface area contributed by atoms with E-state index in [9.17, 15) is 14.9 Å². The molecule has 1 N–H and O–H groups in total. The lowest BCUT2D eigenvalue weighted by Gasteiger charge is -2.07. The average Bonchev–Trinajstić information content (AvgIpc) is 2.80. The molecule has 0 aliphatic carbocycles. The van der Waals surface area contributed by atoms with E-state index in [1.165, 1.54) is 6.08 Å². The quantitative estimate of drug-likeness (QED) is 0.228. The van der Waals surface area contributed by atoms with Gasteiger partial charge in [0.15, 0.2) is 0 Å². The van der Waals surface area contributed by atoms with E-state index in [0.29, 0.717) is 32.8 Å². The molecule has 154 valence electrons. The number of hydrogen-bond donors (Lipinski definition) is 1. The minimum Gasteiger partial charge on any atom is -0.497 e. The number of nitriles is 1. The molecule has 0 aliphatic heterocycles. The maximum Gasteiger partial charge on any atom is 0.343 e. The van der Waals surface area contributed by atoms with Crippen LogP contribution in [-0.2, 0) is 4.79 Å². The number of anilines is 1. The predicted molar refractivity (Wildman–Crippen MR) is 121 cm³/mol. The average molecular weight is 477 g/mol. The van der Waals surface area contributed by atoms with E-state index in [1.807, 2.05) is 12.1 Å². The van der Waals surface area contributed by atoms with Gasteiger partial charge in [-0.2, -0.15) is 5.26 Å². The highest BCUT2D eigenvalue weighted by Crippen LogP contribution is 2.22. The smallest absolute Gasteiger partial charge is 0.343 e. The number of rotatable bonds is 6. The molecule has 7 heteroatoms. The highest BCUT2D eigenvalue weighted by atomic mass is 79.9. The number of para-hydroxylation sites is 1. The largest absolute Gasteiger partial charge is 0.497 e. The molecule has 6 nitrogen and oxygen atoms in total. The van der Waals surface area contributed by atoms with Crippen LogP contribution < -0.4 is 14.8 Å². The number of carbonyl (C=O) groups is 2. The van der Waals surface area contributed by atoms with E-state index in [4.69, 9.17) is 9.47 Å². The summed E-state index contributed by atoms with van der Waals surface area (Å²) in [6.07, 6.45) is 1.46. The monoisotopic (exact) mass is 476 g/mol. The molecule has 0 aromatic heterocycles. The molecule has 31 heavy (non-hydrogen) atoms. The van der Waals surface area contributed by atoms with Gasteiger partial charge in [-0.15, -0.1) is 0 Å². The van der Waals surface area contributed by atoms with Crippen LogP contribution in [0.5, 0.6) is 11.5 Å². The van der Waals surface area contributed by atoms with E-state index in [2.05, 4.69) is 21.2 Å². The SMILES string of the molecule is COc1ccc(C(=O)Oc2ccc(/C=C(\C#N)C(=O)Nc3ccccc3Br)cc2)cc1. The second-order valence-electron chi connectivity index (χ2n) is 6.29. The Balaban J connectivity index is 1.68. The van der Waals surface area contributed by atoms with Gasteiger partial charge in [-0.1, -0.05) is 24.3 Å². The highest BCUT2D eigenvalue weighted by Gasteiger charge is 2.12. The number of benzene rings is 3. The molecule has 1 amide bonds. The molecule has 3 rings (SSSR count). The molecular weight excluding hydrogens is 460 g/mol. The van der Waals surface area contributed by atoms with Crippen LogP contribution >= 0.6 is 15.9 Å². The van der Waals surface area contributed by atoms with Gasteiger partial charge in [0.2, 0.25) is 0 Å². The Morgan fingerprint density at radius 3 is 2.23 bits per heavy atom. The van der Waals surface area contributed by atoms with Crippen molar-refractivity contribution in [2.75, 3.05) is 12.4 Å². The van der Waals surface area contributed by atoms with Crippen LogP contribution in [0.2, 0.25) is 0 Å². The molecule has 0 atom stereocenters. The number of halogens is 1. The van der Waals surface area contributed by atoms with Crippen LogP contribution in [0.25, 0.3) is 6.08 Å². The van der Waals surface area contributed by atoms with Gasteiger partial charge in [-0.05, 0) is 76.1 Å². The minimum atomic E-state index is -0.524. The Kier molecular flexibility index (Phi) is 7.20. The van der Waals surface area contributed by atoms with Crippen molar-refractivity contribution >= 4 is 39.6 Å². The summed E-state index contributed by atoms with van der Waals surface area (Å²) >= 11 is 3.35. The van der Waals surface area contributed by atoms with Gasteiger partial charge >= 0.3 is 5.97 Å². The van der Waals surface area contributed by atoms with Crippen molar-refractivity contribution in [1.29, 1.82) is 5.26 Å². The molecule has 3 aromatic carbocycles. The molecule has 0 saturated heterocycles. The number of nitrogens with one attached hydrogen (secondary N) is 1. The van der Waals surface area contributed by atoms with E-state index >= 15 is 0 Å². The molecule has 0 radical (unpaired) electrons. The second kappa shape index (κ2) is 10.2. The number of methoxy groups -OCH3 is 1. The van der Waals surface area contributed by atoms with Crippen LogP contribution in [0.3, 0.4) is 0 Å². The zero-order chi connectivity index (χ0) is 22.2. The number of nitrogens with zero attached hydrogens (tertiary/aromatic N) is 1. The fraction of sp³-hybridized carbons (Fsp3) is 0.0417. The van der Waals surface area contributed by atoms with Gasteiger partial charge in [0.1, 0.15) is 23.1 Å². The summed E-state index contributed by atoms with van der Waals surface area (Å²) in [5.41, 5.74) is 1.51. The maximum atomic E-state index is 12.4. The van der Waals surface area contributed by atoms with Crippen molar-refractivity contribution in [3.63, 3.8) is 0 Å². The number of carbonyl (C=O) groups excluding carboxylic acids is 2. The standard InChI is InChI=1S/C24H17BrN2O4/c1-30-19-12-8-17(9-13-19)24(29)31-20-10-6-16(7-11-20)14-18(15-26)23(28)27-22-5-3-2-4-21(22)25/h2-14H,1H3,(H,27,28)/b18-14+. The Labute approximate surface area is 187 Å². The summed E-state index contributed by atoms with van der Waals surface area (Å²) in [5.74, 6) is -0.0420. The number of esters is 1. The van der Waals surface area contributed by atoms with Gasteiger partial charge in [0.25, 0.3) is 5.91 Å². The minimum absolute atomic E-state index is 0.0567. The Bertz CT molecular complexity index is 1160. The van der Waals surface area contributed by atoms with Gasteiger partial charge in [0.05, 0.1) is 18.4 Å². The molecule has 3 aromatic rings. The maximum absolute atomic E-state index is 12.4. The molecule has 0 saturated carbocycles. The van der Waals surface area contributed by atoms with Crippen molar-refractivity contribution in [1.82, 2.24) is 0 Å². The van der Waals surface area contributed by atoms with Gasteiger partial charge in [0, 0.05) is 4.47 Å². The van der Waals surface area contributed by atoms with Crippen molar-refractivity contribution in [3.8, 4) is 17.6 Å². The van der Waals surface area contributed by atoms with Gasteiger partial charge in [-0.3, -0.25) is 4.79 Å². The second-order valence-corrected chi connectivity index (χ2v) is 7.15. The Hall–Kier alpha value is -3.89. The lowest BCUT2D eigenvalue weighted by Crippen LogP contribution is -2.13. The van der Waals surface area contributed by atoms with E-state index in [0.717, 1.165) is 0 Å². The van der Waals surface area contributed by atoms with Gasteiger partial charge in [-0.25, -0.2) is 4.79 Å². The zero-order valence-electron chi connectivity index (χ0n) is 16.5. The molecule has 0 bridgehead atoms. The first-order chi connectivity index (χ1) is 15.0. The number of hydrogen-bond acceptors (Lipinski definition) is 5. The molecule has 0 aliphatic rings. The number of amides is 1. The predicted octanol–water partition coefficient (Wildman–Crippen LogP) is 5.22. The molecule has 0 heterocycles. The third kappa shape index (κ3) is 5.81. The third-order valence-electron chi connectivity index (χ3n) is 4.21. The highest BCUT2D eigenvalue weighted by molar-refractivity contribution is 9.10. The van der Waals surface area contributed by atoms with Crippen molar-refractivity contribution in [2.45, 2.75) is 0 Å². The summed E-state index contributed by atoms with van der Waals surface area (Å²) in [7, 11) is 1.55. The Morgan fingerprint density at radius 2 is 1.61 bits per heavy atom. The molecule has 0 unspecified atom stereocenters. The molecule has 0 spiro atoms. The van der Waals surface area contributed by atoms with Crippen LogP contribution in [0.1, 0.15) is 15.9 Å². The van der Waals surface area contributed by atoms with Crippen LogP contribution in [-0.4, -0.2) is 19.0 Å². The summed E-state index contributed by atoms with van der Waals surface area (Å²) < 4.78 is 11.1. The summed E-state index contributed by atoms with van der Waals surface area (Å²) in [5, 5.41) is 12.1.